The van der Waals surface area contributed by atoms with Crippen molar-refractivity contribution < 1.29 is 17.9 Å². The second-order valence-electron chi connectivity index (χ2n) is 3.89. The zero-order chi connectivity index (χ0) is 12.5. The molecule has 0 atom stereocenters. The third-order valence-corrected chi connectivity index (χ3v) is 2.69. The molecule has 1 aliphatic rings. The topological polar surface area (TPSA) is 85.4 Å². The van der Waals surface area contributed by atoms with E-state index in [1.165, 1.54) is 6.07 Å². The molecular formula is C10H12N2O4S. The summed E-state index contributed by atoms with van der Waals surface area (Å²) in [5.41, 5.74) is 0.102. The fraction of sp³-hybridized carbons (Fsp3) is 0.400. The van der Waals surface area contributed by atoms with Gasteiger partial charge in [0.25, 0.3) is 0 Å². The molecule has 1 aromatic rings. The Hall–Kier alpha value is -1.63. The quantitative estimate of drug-likeness (QED) is 0.788. The normalized spacial score (nSPS) is 15.4. The van der Waals surface area contributed by atoms with Gasteiger partial charge in [-0.15, -0.1) is 0 Å². The first-order valence-corrected chi connectivity index (χ1v) is 6.98. The highest BCUT2D eigenvalue weighted by molar-refractivity contribution is 7.92. The van der Waals surface area contributed by atoms with E-state index in [9.17, 15) is 13.2 Å². The van der Waals surface area contributed by atoms with Gasteiger partial charge in [0.1, 0.15) is 17.3 Å². The highest BCUT2D eigenvalue weighted by Crippen LogP contribution is 2.28. The van der Waals surface area contributed by atoms with Gasteiger partial charge in [-0.3, -0.25) is 9.52 Å². The van der Waals surface area contributed by atoms with Crippen LogP contribution >= 0.6 is 0 Å². The molecule has 6 nitrogen and oxygen atoms in total. The van der Waals surface area contributed by atoms with Gasteiger partial charge in [-0.05, 0) is 25.0 Å². The molecule has 0 unspecified atom stereocenters. The minimum absolute atomic E-state index is 0.102. The van der Waals surface area contributed by atoms with E-state index in [0.29, 0.717) is 12.0 Å². The fourth-order valence-electron chi connectivity index (χ4n) is 1.26. The van der Waals surface area contributed by atoms with Crippen LogP contribution in [0.3, 0.4) is 0 Å². The minimum atomic E-state index is -3.39. The van der Waals surface area contributed by atoms with Crippen LogP contribution in [0.15, 0.2) is 12.1 Å². The summed E-state index contributed by atoms with van der Waals surface area (Å²) in [7, 11) is -3.39. The van der Waals surface area contributed by atoms with Gasteiger partial charge in [-0.25, -0.2) is 13.4 Å². The standard InChI is InChI=1S/C10H12N2O4S/c1-17(14,15)12-10-5-4-9(8(6-13)11-10)16-7-2-3-7/h4-7H,2-3H2,1H3,(H,11,12). The number of hydrogen-bond donors (Lipinski definition) is 1. The van der Waals surface area contributed by atoms with Gasteiger partial charge >= 0.3 is 0 Å². The molecule has 1 aliphatic carbocycles. The zero-order valence-corrected chi connectivity index (χ0v) is 10.0. The average molecular weight is 256 g/mol. The van der Waals surface area contributed by atoms with E-state index in [4.69, 9.17) is 4.74 Å². The first-order chi connectivity index (χ1) is 7.98. The van der Waals surface area contributed by atoms with E-state index in [1.54, 1.807) is 6.07 Å². The third kappa shape index (κ3) is 3.42. The van der Waals surface area contributed by atoms with Crippen LogP contribution in [0.25, 0.3) is 0 Å². The van der Waals surface area contributed by atoms with Crippen molar-refractivity contribution in [2.24, 2.45) is 0 Å². The predicted octanol–water partition coefficient (Wildman–Crippen LogP) is 0.807. The Kier molecular flexibility index (Phi) is 3.01. The third-order valence-electron chi connectivity index (χ3n) is 2.11. The number of aromatic nitrogens is 1. The zero-order valence-electron chi connectivity index (χ0n) is 9.21. The Bertz CT molecular complexity index is 537. The van der Waals surface area contributed by atoms with E-state index in [0.717, 1.165) is 19.1 Å². The van der Waals surface area contributed by atoms with Crippen molar-refractivity contribution in [1.29, 1.82) is 0 Å². The van der Waals surface area contributed by atoms with Crippen LogP contribution in [-0.4, -0.2) is 32.0 Å². The van der Waals surface area contributed by atoms with E-state index < -0.39 is 10.0 Å². The van der Waals surface area contributed by atoms with Crippen molar-refractivity contribution in [3.05, 3.63) is 17.8 Å². The number of nitrogens with zero attached hydrogens (tertiary/aromatic N) is 1. The molecule has 1 saturated carbocycles. The lowest BCUT2D eigenvalue weighted by Crippen LogP contribution is -2.12. The molecule has 1 aromatic heterocycles. The van der Waals surface area contributed by atoms with Crippen molar-refractivity contribution in [1.82, 2.24) is 4.98 Å². The minimum Gasteiger partial charge on any atom is -0.488 e. The molecule has 0 amide bonds. The number of carbonyl (C=O) groups is 1. The molecule has 7 heteroatoms. The second-order valence-corrected chi connectivity index (χ2v) is 5.64. The Morgan fingerprint density at radius 2 is 2.18 bits per heavy atom. The Morgan fingerprint density at radius 1 is 1.47 bits per heavy atom. The number of carbonyl (C=O) groups excluding carboxylic acids is 1. The second kappa shape index (κ2) is 4.33. The van der Waals surface area contributed by atoms with Gasteiger partial charge < -0.3 is 4.74 Å². The maximum absolute atomic E-state index is 11.0. The first kappa shape index (κ1) is 11.8. The SMILES string of the molecule is CS(=O)(=O)Nc1ccc(OC2CC2)c(C=O)n1. The van der Waals surface area contributed by atoms with Crippen LogP contribution in [0.1, 0.15) is 23.3 Å². The van der Waals surface area contributed by atoms with Gasteiger partial charge in [0.05, 0.1) is 12.4 Å². The van der Waals surface area contributed by atoms with Crippen LogP contribution in [0.4, 0.5) is 5.82 Å². The summed E-state index contributed by atoms with van der Waals surface area (Å²) in [4.78, 5) is 14.7. The monoisotopic (exact) mass is 256 g/mol. The van der Waals surface area contributed by atoms with Crippen LogP contribution < -0.4 is 9.46 Å². The molecule has 1 heterocycles. The molecule has 2 rings (SSSR count). The van der Waals surface area contributed by atoms with Gasteiger partial charge in [0.2, 0.25) is 10.0 Å². The van der Waals surface area contributed by atoms with Crippen molar-refractivity contribution in [3.8, 4) is 5.75 Å². The highest BCUT2D eigenvalue weighted by Gasteiger charge is 2.25. The van der Waals surface area contributed by atoms with Crippen LogP contribution in [0.5, 0.6) is 5.75 Å². The highest BCUT2D eigenvalue weighted by atomic mass is 32.2. The molecule has 0 saturated heterocycles. The van der Waals surface area contributed by atoms with Gasteiger partial charge in [0, 0.05) is 0 Å². The average Bonchev–Trinajstić information content (AvgIpc) is 3.02. The maximum Gasteiger partial charge on any atom is 0.230 e. The first-order valence-electron chi connectivity index (χ1n) is 5.08. The summed E-state index contributed by atoms with van der Waals surface area (Å²) in [6.07, 6.45) is 3.67. The van der Waals surface area contributed by atoms with Crippen molar-refractivity contribution in [3.63, 3.8) is 0 Å². The Morgan fingerprint density at radius 3 is 2.71 bits per heavy atom. The molecule has 0 spiro atoms. The molecule has 0 aliphatic heterocycles. The predicted molar refractivity (Wildman–Crippen MR) is 61.7 cm³/mol. The number of pyridine rings is 1. The van der Waals surface area contributed by atoms with Crippen molar-refractivity contribution in [2.75, 3.05) is 11.0 Å². The lowest BCUT2D eigenvalue weighted by molar-refractivity contribution is 0.111. The fourth-order valence-corrected chi connectivity index (χ4v) is 1.75. The lowest BCUT2D eigenvalue weighted by atomic mass is 10.3. The number of nitrogens with one attached hydrogen (secondary N) is 1. The van der Waals surface area contributed by atoms with Crippen LogP contribution in [0, 0.1) is 0 Å². The van der Waals surface area contributed by atoms with E-state index >= 15 is 0 Å². The molecule has 0 aromatic carbocycles. The molecule has 1 N–H and O–H groups in total. The van der Waals surface area contributed by atoms with Crippen LogP contribution in [-0.2, 0) is 10.0 Å². The smallest absolute Gasteiger partial charge is 0.230 e. The number of sulfonamides is 1. The summed E-state index contributed by atoms with van der Waals surface area (Å²) in [6.45, 7) is 0. The van der Waals surface area contributed by atoms with Crippen LogP contribution in [0.2, 0.25) is 0 Å². The van der Waals surface area contributed by atoms with E-state index in [-0.39, 0.29) is 17.6 Å². The van der Waals surface area contributed by atoms with E-state index in [1.807, 2.05) is 0 Å². The number of ether oxygens (including phenoxy) is 1. The number of hydrogen-bond acceptors (Lipinski definition) is 5. The maximum atomic E-state index is 11.0. The van der Waals surface area contributed by atoms with Crippen molar-refractivity contribution in [2.45, 2.75) is 18.9 Å². The summed E-state index contributed by atoms with van der Waals surface area (Å²) in [6, 6.07) is 3.01. The summed E-state index contributed by atoms with van der Waals surface area (Å²) >= 11 is 0. The van der Waals surface area contributed by atoms with Gasteiger partial charge in [0.15, 0.2) is 6.29 Å². The Labute approximate surface area is 99.1 Å². The molecule has 92 valence electrons. The molecular weight excluding hydrogens is 244 g/mol. The molecule has 1 fully saturated rings. The number of rotatable bonds is 5. The number of anilines is 1. The largest absolute Gasteiger partial charge is 0.488 e. The molecule has 0 radical (unpaired) electrons. The van der Waals surface area contributed by atoms with E-state index in [2.05, 4.69) is 9.71 Å². The van der Waals surface area contributed by atoms with Gasteiger partial charge in [-0.1, -0.05) is 0 Å². The molecule has 0 bridgehead atoms. The number of aldehydes is 1. The molecule has 17 heavy (non-hydrogen) atoms. The van der Waals surface area contributed by atoms with Gasteiger partial charge in [-0.2, -0.15) is 0 Å². The lowest BCUT2D eigenvalue weighted by Gasteiger charge is -2.08. The summed E-state index contributed by atoms with van der Waals surface area (Å²) < 4.78 is 29.7. The summed E-state index contributed by atoms with van der Waals surface area (Å²) in [5.74, 6) is 0.499. The Balaban J connectivity index is 2.23. The van der Waals surface area contributed by atoms with Crippen molar-refractivity contribution >= 4 is 22.1 Å². The summed E-state index contributed by atoms with van der Waals surface area (Å²) in [5, 5.41) is 0.